The summed E-state index contributed by atoms with van der Waals surface area (Å²) in [6.07, 6.45) is -4.82. The smallest absolute Gasteiger partial charge is 0.431 e. The summed E-state index contributed by atoms with van der Waals surface area (Å²) in [4.78, 5) is 14.4. The number of halogens is 3. The van der Waals surface area contributed by atoms with Crippen LogP contribution in [0.1, 0.15) is 16.2 Å². The third-order valence-electron chi connectivity index (χ3n) is 2.14. The van der Waals surface area contributed by atoms with Crippen molar-refractivity contribution in [3.05, 3.63) is 41.8 Å². The Kier molecular flexibility index (Phi) is 2.82. The summed E-state index contributed by atoms with van der Waals surface area (Å²) in [6.45, 7) is 0. The van der Waals surface area contributed by atoms with E-state index in [1.165, 1.54) is 12.1 Å². The lowest BCUT2D eigenvalue weighted by molar-refractivity contribution is -0.153. The minimum atomic E-state index is -4.82. The minimum absolute atomic E-state index is 0.295. The Morgan fingerprint density at radius 1 is 1.22 bits per heavy atom. The molecule has 1 amide bonds. The summed E-state index contributed by atoms with van der Waals surface area (Å²) in [7, 11) is 0. The highest BCUT2D eigenvalue weighted by molar-refractivity contribution is 5.92. The molecule has 0 saturated carbocycles. The van der Waals surface area contributed by atoms with Gasteiger partial charge in [0.05, 0.1) is 0 Å². The van der Waals surface area contributed by atoms with Crippen molar-refractivity contribution < 1.29 is 22.4 Å². The van der Waals surface area contributed by atoms with Crippen molar-refractivity contribution in [1.82, 2.24) is 4.98 Å². The van der Waals surface area contributed by atoms with E-state index in [-0.39, 0.29) is 5.89 Å². The van der Waals surface area contributed by atoms with E-state index in [1.54, 1.807) is 18.2 Å². The monoisotopic (exact) mass is 256 g/mol. The molecule has 0 saturated heterocycles. The van der Waals surface area contributed by atoms with Crippen LogP contribution in [-0.2, 0) is 6.18 Å². The van der Waals surface area contributed by atoms with Crippen molar-refractivity contribution in [2.24, 2.45) is 5.73 Å². The van der Waals surface area contributed by atoms with Gasteiger partial charge in [0.15, 0.2) is 5.69 Å². The Labute approximate surface area is 99.2 Å². The number of nitrogens with zero attached hydrogens (tertiary/aromatic N) is 1. The summed E-state index contributed by atoms with van der Waals surface area (Å²) < 4.78 is 42.4. The zero-order valence-electron chi connectivity index (χ0n) is 8.86. The summed E-state index contributed by atoms with van der Waals surface area (Å²) in [5.74, 6) is -3.06. The molecule has 94 valence electrons. The second kappa shape index (κ2) is 4.17. The van der Waals surface area contributed by atoms with Gasteiger partial charge in [0.2, 0.25) is 11.7 Å². The molecule has 0 spiro atoms. The number of hydrogen-bond donors (Lipinski definition) is 1. The fraction of sp³-hybridized carbons (Fsp3) is 0.0909. The maximum atomic E-state index is 12.6. The molecule has 18 heavy (non-hydrogen) atoms. The summed E-state index contributed by atoms with van der Waals surface area (Å²) in [5, 5.41) is 0. The fourth-order valence-corrected chi connectivity index (χ4v) is 1.38. The topological polar surface area (TPSA) is 69.1 Å². The van der Waals surface area contributed by atoms with Gasteiger partial charge in [-0.15, -0.1) is 0 Å². The molecule has 0 atom stereocenters. The predicted octanol–water partition coefficient (Wildman–Crippen LogP) is 2.46. The number of carbonyl (C=O) groups excluding carboxylic acids is 1. The van der Waals surface area contributed by atoms with Gasteiger partial charge >= 0.3 is 6.18 Å². The van der Waals surface area contributed by atoms with E-state index < -0.39 is 23.5 Å². The minimum Gasteiger partial charge on any atom is -0.431 e. The normalized spacial score (nSPS) is 11.5. The third kappa shape index (κ3) is 2.20. The van der Waals surface area contributed by atoms with E-state index in [0.29, 0.717) is 5.56 Å². The van der Waals surface area contributed by atoms with Crippen LogP contribution in [0.3, 0.4) is 0 Å². The SMILES string of the molecule is NC(=O)c1nc(-c2ccccc2)oc1C(F)(F)F. The van der Waals surface area contributed by atoms with Crippen molar-refractivity contribution in [1.29, 1.82) is 0 Å². The molecular weight excluding hydrogens is 249 g/mol. The maximum absolute atomic E-state index is 12.6. The molecule has 1 aromatic carbocycles. The number of nitrogens with two attached hydrogens (primary N) is 1. The van der Waals surface area contributed by atoms with Gasteiger partial charge in [0, 0.05) is 5.56 Å². The third-order valence-corrected chi connectivity index (χ3v) is 2.14. The van der Waals surface area contributed by atoms with Gasteiger partial charge in [0.1, 0.15) is 0 Å². The zero-order valence-corrected chi connectivity index (χ0v) is 8.86. The van der Waals surface area contributed by atoms with E-state index in [0.717, 1.165) is 0 Å². The average Bonchev–Trinajstić information content (AvgIpc) is 2.74. The van der Waals surface area contributed by atoms with E-state index in [9.17, 15) is 18.0 Å². The number of oxazole rings is 1. The first-order valence-corrected chi connectivity index (χ1v) is 4.83. The zero-order chi connectivity index (χ0) is 13.3. The predicted molar refractivity (Wildman–Crippen MR) is 55.5 cm³/mol. The van der Waals surface area contributed by atoms with E-state index in [1.807, 2.05) is 0 Å². The summed E-state index contributed by atoms with van der Waals surface area (Å²) >= 11 is 0. The lowest BCUT2D eigenvalue weighted by Crippen LogP contribution is -2.17. The maximum Gasteiger partial charge on any atom is 0.452 e. The van der Waals surface area contributed by atoms with Crippen molar-refractivity contribution >= 4 is 5.91 Å². The van der Waals surface area contributed by atoms with Crippen LogP contribution in [0.4, 0.5) is 13.2 Å². The van der Waals surface area contributed by atoms with Crippen LogP contribution in [-0.4, -0.2) is 10.9 Å². The van der Waals surface area contributed by atoms with E-state index >= 15 is 0 Å². The molecule has 0 fully saturated rings. The van der Waals surface area contributed by atoms with Crippen LogP contribution in [0.5, 0.6) is 0 Å². The highest BCUT2D eigenvalue weighted by atomic mass is 19.4. The number of primary amides is 1. The van der Waals surface area contributed by atoms with Crippen LogP contribution < -0.4 is 5.73 Å². The lowest BCUT2D eigenvalue weighted by atomic mass is 10.2. The number of carbonyl (C=O) groups is 1. The van der Waals surface area contributed by atoms with Gasteiger partial charge < -0.3 is 10.2 Å². The standard InChI is InChI=1S/C11H7F3N2O2/c12-11(13,14)8-7(9(15)17)16-10(18-8)6-4-2-1-3-5-6/h1-5H,(H2,15,17). The Morgan fingerprint density at radius 3 is 2.28 bits per heavy atom. The molecule has 0 unspecified atom stereocenters. The quantitative estimate of drug-likeness (QED) is 0.897. The van der Waals surface area contributed by atoms with E-state index in [2.05, 4.69) is 9.40 Å². The Bertz CT molecular complexity index is 576. The molecule has 7 heteroatoms. The molecule has 4 nitrogen and oxygen atoms in total. The molecular formula is C11H7F3N2O2. The first-order valence-electron chi connectivity index (χ1n) is 4.83. The van der Waals surface area contributed by atoms with Gasteiger partial charge in [-0.25, -0.2) is 4.98 Å². The van der Waals surface area contributed by atoms with Crippen LogP contribution in [0.25, 0.3) is 11.5 Å². The first kappa shape index (κ1) is 12.2. The molecule has 0 aliphatic carbocycles. The average molecular weight is 256 g/mol. The number of hydrogen-bond acceptors (Lipinski definition) is 3. The number of rotatable bonds is 2. The van der Waals surface area contributed by atoms with Crippen LogP contribution in [0.2, 0.25) is 0 Å². The summed E-state index contributed by atoms with van der Waals surface area (Å²) in [5.41, 5.74) is 4.25. The van der Waals surface area contributed by atoms with Crippen LogP contribution in [0, 0.1) is 0 Å². The Hall–Kier alpha value is -2.31. The largest absolute Gasteiger partial charge is 0.452 e. The van der Waals surface area contributed by atoms with Gasteiger partial charge in [0.25, 0.3) is 5.91 Å². The molecule has 1 aromatic heterocycles. The lowest BCUT2D eigenvalue weighted by Gasteiger charge is -2.01. The highest BCUT2D eigenvalue weighted by Gasteiger charge is 2.41. The molecule has 0 aliphatic heterocycles. The Morgan fingerprint density at radius 2 is 1.83 bits per heavy atom. The van der Waals surface area contributed by atoms with Gasteiger partial charge in [-0.05, 0) is 12.1 Å². The summed E-state index contributed by atoms with van der Waals surface area (Å²) in [6, 6.07) is 7.92. The van der Waals surface area contributed by atoms with Crippen molar-refractivity contribution in [3.63, 3.8) is 0 Å². The first-order chi connectivity index (χ1) is 8.39. The van der Waals surface area contributed by atoms with Crippen molar-refractivity contribution in [2.45, 2.75) is 6.18 Å². The van der Waals surface area contributed by atoms with Crippen LogP contribution >= 0.6 is 0 Å². The molecule has 2 N–H and O–H groups in total. The molecule has 0 aliphatic rings. The molecule has 0 bridgehead atoms. The highest BCUT2D eigenvalue weighted by Crippen LogP contribution is 2.34. The molecule has 0 radical (unpaired) electrons. The number of alkyl halides is 3. The molecule has 2 aromatic rings. The van der Waals surface area contributed by atoms with Crippen molar-refractivity contribution in [2.75, 3.05) is 0 Å². The molecule has 1 heterocycles. The fourth-order valence-electron chi connectivity index (χ4n) is 1.38. The van der Waals surface area contributed by atoms with Gasteiger partial charge in [-0.3, -0.25) is 4.79 Å². The second-order valence-electron chi connectivity index (χ2n) is 3.42. The van der Waals surface area contributed by atoms with Gasteiger partial charge in [-0.2, -0.15) is 13.2 Å². The molecule has 2 rings (SSSR count). The Balaban J connectivity index is 2.57. The van der Waals surface area contributed by atoms with Crippen molar-refractivity contribution in [3.8, 4) is 11.5 Å². The second-order valence-corrected chi connectivity index (χ2v) is 3.42. The number of aromatic nitrogens is 1. The number of amides is 1. The number of benzene rings is 1. The van der Waals surface area contributed by atoms with E-state index in [4.69, 9.17) is 5.73 Å². The van der Waals surface area contributed by atoms with Crippen LogP contribution in [0.15, 0.2) is 34.7 Å². The van der Waals surface area contributed by atoms with Gasteiger partial charge in [-0.1, -0.05) is 18.2 Å².